The largest absolute Gasteiger partial charge is 0.251 e. The number of nitrogens with zero attached hydrogens (tertiary/aromatic N) is 2. The van der Waals surface area contributed by atoms with Crippen molar-refractivity contribution in [2.24, 2.45) is 9.98 Å². The first-order chi connectivity index (χ1) is 40.2. The van der Waals surface area contributed by atoms with Gasteiger partial charge >= 0.3 is 0 Å². The van der Waals surface area contributed by atoms with Crippen molar-refractivity contribution in [2.45, 2.75) is 394 Å². The van der Waals surface area contributed by atoms with Gasteiger partial charge in [0.1, 0.15) is 0 Å². The molecule has 0 saturated carbocycles. The molecule has 460 valence electrons. The van der Waals surface area contributed by atoms with Gasteiger partial charge in [0, 0.05) is 25.7 Å². The minimum absolute atomic E-state index is 0.964. The monoisotopic (exact) mass is 1110 g/mol. The molecule has 0 aliphatic heterocycles. The van der Waals surface area contributed by atoms with Gasteiger partial charge in [-0.15, -0.1) is 23.7 Å². The quantitative estimate of drug-likeness (QED) is 0.0358. The van der Waals surface area contributed by atoms with Crippen LogP contribution in [0, 0.1) is 23.7 Å². The van der Waals surface area contributed by atoms with Crippen LogP contribution in [0.5, 0.6) is 0 Å². The van der Waals surface area contributed by atoms with Crippen molar-refractivity contribution < 1.29 is 0 Å². The first kappa shape index (κ1) is 74.0. The van der Waals surface area contributed by atoms with Crippen LogP contribution in [0.2, 0.25) is 0 Å². The Morgan fingerprint density at radius 2 is 0.469 bits per heavy atom. The van der Waals surface area contributed by atoms with Crippen LogP contribution in [0.4, 0.5) is 11.4 Å². The average molecular weight is 1110 g/mol. The standard InChI is InChI=1S/C79H134N2/c1-5-9-13-15-17-19-21-23-25-27-29-31-33-35-37-39-41-43-45-47-49-51-53-55-57-60-66-74-68-62-64-71-76(74)80-78(70-12-8-4)79(73-59-11-7-3)81-77-72-65-63-69-75(77)67-61-58-56-54-52-50-48-46-44-42-40-38-36-34-32-30-28-26-24-22-20-18-16-14-10-6-2/h62-65,68-69,71-72H,5-52,57-61,66-67,70,73H2,1-4H3. The van der Waals surface area contributed by atoms with Crippen molar-refractivity contribution in [3.05, 3.63) is 59.7 Å². The maximum atomic E-state index is 5.52. The van der Waals surface area contributed by atoms with Crippen LogP contribution in [0.3, 0.4) is 0 Å². The van der Waals surface area contributed by atoms with E-state index in [4.69, 9.17) is 9.98 Å². The molecule has 0 atom stereocenters. The third kappa shape index (κ3) is 46.9. The maximum Gasteiger partial charge on any atom is 0.0665 e. The van der Waals surface area contributed by atoms with Crippen LogP contribution < -0.4 is 0 Å². The Kier molecular flexibility index (Phi) is 54.8. The molecule has 0 aliphatic carbocycles. The van der Waals surface area contributed by atoms with Gasteiger partial charge in [-0.25, -0.2) is 0 Å². The second-order valence-electron chi connectivity index (χ2n) is 25.0. The summed E-state index contributed by atoms with van der Waals surface area (Å²) in [6.07, 6.45) is 76.1. The zero-order valence-corrected chi connectivity index (χ0v) is 54.8. The Morgan fingerprint density at radius 1 is 0.247 bits per heavy atom. The molecule has 81 heavy (non-hydrogen) atoms. The van der Waals surface area contributed by atoms with Crippen molar-refractivity contribution >= 4 is 22.8 Å². The maximum absolute atomic E-state index is 5.52. The van der Waals surface area contributed by atoms with Gasteiger partial charge in [-0.2, -0.15) is 0 Å². The second-order valence-corrected chi connectivity index (χ2v) is 25.0. The number of hydrogen-bond acceptors (Lipinski definition) is 2. The van der Waals surface area contributed by atoms with E-state index in [1.54, 1.807) is 0 Å². The summed E-state index contributed by atoms with van der Waals surface area (Å²) in [6, 6.07) is 17.7. The Morgan fingerprint density at radius 3 is 0.753 bits per heavy atom. The van der Waals surface area contributed by atoms with Gasteiger partial charge in [-0.05, 0) is 87.5 Å². The molecule has 0 bridgehead atoms. The number of hydrogen-bond donors (Lipinski definition) is 0. The SMILES string of the molecule is CCCCCCCCCCCCCCCCCCCCCCCC#CCCCc1ccccc1N=C(CCCC)C(CCCCC)=Nc1ccccc1CCCC#CCCCCCCCCCCCCCCCCCCCCCCC. The molecule has 0 unspecified atom stereocenters. The summed E-state index contributed by atoms with van der Waals surface area (Å²) in [4.78, 5) is 11.0. The Bertz CT molecular complexity index is 1840. The van der Waals surface area contributed by atoms with Crippen LogP contribution in [0.15, 0.2) is 58.5 Å². The molecule has 0 spiro atoms. The second kappa shape index (κ2) is 60.0. The van der Waals surface area contributed by atoms with Gasteiger partial charge in [0.2, 0.25) is 0 Å². The molecule has 0 saturated heterocycles. The van der Waals surface area contributed by atoms with Gasteiger partial charge in [0.25, 0.3) is 0 Å². The van der Waals surface area contributed by atoms with Gasteiger partial charge in [-0.3, -0.25) is 9.98 Å². The number of benzene rings is 2. The average Bonchev–Trinajstić information content (AvgIpc) is 3.49. The smallest absolute Gasteiger partial charge is 0.0665 e. The molecule has 0 amide bonds. The fourth-order valence-corrected chi connectivity index (χ4v) is 11.7. The molecule has 2 rings (SSSR count). The normalized spacial score (nSPS) is 11.8. The number of para-hydroxylation sites is 2. The molecule has 0 heterocycles. The van der Waals surface area contributed by atoms with E-state index in [0.29, 0.717) is 0 Å². The molecule has 2 aromatic carbocycles. The predicted octanol–water partition coefficient (Wildman–Crippen LogP) is 27.2. The van der Waals surface area contributed by atoms with Gasteiger partial charge in [0.05, 0.1) is 22.8 Å². The highest BCUT2D eigenvalue weighted by atomic mass is 14.8. The van der Waals surface area contributed by atoms with Gasteiger partial charge in [-0.1, -0.05) is 340 Å². The molecule has 0 aliphatic rings. The number of rotatable bonds is 58. The fourth-order valence-electron chi connectivity index (χ4n) is 11.7. The van der Waals surface area contributed by atoms with Crippen LogP contribution in [-0.4, -0.2) is 11.4 Å². The third-order valence-corrected chi connectivity index (χ3v) is 17.2. The molecule has 2 nitrogen and oxygen atoms in total. The molecule has 0 radical (unpaired) electrons. The van der Waals surface area contributed by atoms with Crippen LogP contribution >= 0.6 is 0 Å². The van der Waals surface area contributed by atoms with Crippen molar-refractivity contribution in [3.8, 4) is 23.7 Å². The summed E-state index contributed by atoms with van der Waals surface area (Å²) in [5.74, 6) is 14.1. The summed E-state index contributed by atoms with van der Waals surface area (Å²) in [7, 11) is 0. The van der Waals surface area contributed by atoms with E-state index in [1.807, 2.05) is 0 Å². The van der Waals surface area contributed by atoms with Crippen LogP contribution in [0.25, 0.3) is 0 Å². The zero-order valence-electron chi connectivity index (χ0n) is 54.8. The third-order valence-electron chi connectivity index (χ3n) is 17.2. The summed E-state index contributed by atoms with van der Waals surface area (Å²) in [6.45, 7) is 9.21. The van der Waals surface area contributed by atoms with E-state index in [9.17, 15) is 0 Å². The van der Waals surface area contributed by atoms with E-state index in [0.717, 1.165) is 94.8 Å². The molecule has 2 aromatic rings. The lowest BCUT2D eigenvalue weighted by atomic mass is 10.0. The summed E-state index contributed by atoms with van der Waals surface area (Å²) >= 11 is 0. The van der Waals surface area contributed by atoms with Crippen LogP contribution in [0.1, 0.15) is 392 Å². The topological polar surface area (TPSA) is 24.7 Å². The lowest BCUT2D eigenvalue weighted by Gasteiger charge is -2.14. The highest BCUT2D eigenvalue weighted by Gasteiger charge is 2.13. The number of aryl methyl sites for hydroxylation is 2. The number of unbranched alkanes of at least 4 members (excludes halogenated alkanes) is 47. The Hall–Kier alpha value is -3.10. The summed E-state index contributed by atoms with van der Waals surface area (Å²) < 4.78 is 0. The van der Waals surface area contributed by atoms with E-state index < -0.39 is 0 Å². The molecular formula is C79H134N2. The number of aliphatic imine (C=N–C) groups is 2. The highest BCUT2D eigenvalue weighted by molar-refractivity contribution is 6.43. The van der Waals surface area contributed by atoms with Crippen molar-refractivity contribution in [2.75, 3.05) is 0 Å². The Balaban J connectivity index is 1.67. The molecule has 0 aromatic heterocycles. The van der Waals surface area contributed by atoms with Crippen molar-refractivity contribution in [3.63, 3.8) is 0 Å². The molecule has 2 heteroatoms. The zero-order chi connectivity index (χ0) is 57.7. The van der Waals surface area contributed by atoms with Crippen LogP contribution in [-0.2, 0) is 12.8 Å². The van der Waals surface area contributed by atoms with Crippen molar-refractivity contribution in [1.82, 2.24) is 0 Å². The molecule has 0 N–H and O–H groups in total. The first-order valence-corrected chi connectivity index (χ1v) is 36.5. The molecule has 0 fully saturated rings. The fraction of sp³-hybridized carbons (Fsp3) is 0.772. The summed E-state index contributed by atoms with van der Waals surface area (Å²) in [5.41, 5.74) is 7.30. The lowest BCUT2D eigenvalue weighted by molar-refractivity contribution is 0.520. The van der Waals surface area contributed by atoms with E-state index in [2.05, 4.69) is 99.9 Å². The molecular weight excluding hydrogens is 977 g/mol. The predicted molar refractivity (Wildman–Crippen MR) is 367 cm³/mol. The minimum Gasteiger partial charge on any atom is -0.251 e. The Labute approximate surface area is 507 Å². The van der Waals surface area contributed by atoms with Crippen molar-refractivity contribution in [1.29, 1.82) is 0 Å². The van der Waals surface area contributed by atoms with Gasteiger partial charge in [0.15, 0.2) is 0 Å². The first-order valence-electron chi connectivity index (χ1n) is 36.5. The van der Waals surface area contributed by atoms with E-state index >= 15 is 0 Å². The van der Waals surface area contributed by atoms with Gasteiger partial charge < -0.3 is 0 Å². The van der Waals surface area contributed by atoms with E-state index in [1.165, 1.54) is 305 Å². The lowest BCUT2D eigenvalue weighted by Crippen LogP contribution is -2.15. The minimum atomic E-state index is 0.964. The highest BCUT2D eigenvalue weighted by Crippen LogP contribution is 2.27. The van der Waals surface area contributed by atoms with E-state index in [-0.39, 0.29) is 0 Å². The summed E-state index contributed by atoms with van der Waals surface area (Å²) in [5, 5.41) is 0.